The van der Waals surface area contributed by atoms with Gasteiger partial charge in [-0.05, 0) is 121 Å². The van der Waals surface area contributed by atoms with Crippen molar-refractivity contribution in [2.45, 2.75) is 84.0 Å². The van der Waals surface area contributed by atoms with Crippen molar-refractivity contribution in [1.29, 1.82) is 0 Å². The van der Waals surface area contributed by atoms with E-state index in [1.54, 1.807) is 33.4 Å². The highest BCUT2D eigenvalue weighted by Crippen LogP contribution is 2.43. The Hall–Kier alpha value is -2.34. The molecule has 2 aromatic rings. The highest BCUT2D eigenvalue weighted by Gasteiger charge is 2.30. The summed E-state index contributed by atoms with van der Waals surface area (Å²) in [6.45, 7) is 9.21. The van der Waals surface area contributed by atoms with E-state index in [1.165, 1.54) is 49.7 Å². The first kappa shape index (κ1) is 22.5. The molecule has 0 nitrogen and oxygen atoms in total. The third-order valence-electron chi connectivity index (χ3n) is 8.72. The van der Waals surface area contributed by atoms with E-state index in [0.717, 1.165) is 31.6 Å². The molecular weight excluding hydrogens is 396 g/mol. The van der Waals surface area contributed by atoms with Crippen molar-refractivity contribution in [2.24, 2.45) is 11.8 Å². The van der Waals surface area contributed by atoms with Crippen LogP contribution in [0.4, 0.5) is 0 Å². The molecule has 0 unspecified atom stereocenters. The van der Waals surface area contributed by atoms with E-state index >= 15 is 0 Å². The summed E-state index contributed by atoms with van der Waals surface area (Å²) in [4.78, 5) is 0. The molecule has 33 heavy (non-hydrogen) atoms. The molecule has 172 valence electrons. The van der Waals surface area contributed by atoms with E-state index in [9.17, 15) is 0 Å². The molecule has 0 aliphatic heterocycles. The lowest BCUT2D eigenvalue weighted by atomic mass is 9.74. The predicted molar refractivity (Wildman–Crippen MR) is 142 cm³/mol. The van der Waals surface area contributed by atoms with Gasteiger partial charge in [0.1, 0.15) is 0 Å². The summed E-state index contributed by atoms with van der Waals surface area (Å²) in [5, 5.41) is 0. The van der Waals surface area contributed by atoms with Gasteiger partial charge in [0.05, 0.1) is 0 Å². The van der Waals surface area contributed by atoms with Crippen LogP contribution in [-0.2, 0) is 25.7 Å². The van der Waals surface area contributed by atoms with E-state index in [1.807, 2.05) is 0 Å². The fraction of sp³-hybridized carbons (Fsp3) is 0.455. The van der Waals surface area contributed by atoms with Gasteiger partial charge in [-0.2, -0.15) is 0 Å². The molecule has 3 aliphatic carbocycles. The third kappa shape index (κ3) is 4.68. The standard InChI is InChI=1S/C33H40/c1-4-24-19-30-21-32(22-31(30)20-25(24)5-2)33-13-9-12-29(33)18-23(3)26-14-16-28(17-15-26)27-10-7-6-8-11-27/h6-8,10-13,19-20,26,28,32H,3-5,9,14-18,21-22H2,1-2H3. The lowest BCUT2D eigenvalue weighted by molar-refractivity contribution is 0.360. The van der Waals surface area contributed by atoms with Crippen LogP contribution in [-0.4, -0.2) is 0 Å². The Labute approximate surface area is 201 Å². The molecule has 0 heterocycles. The molecule has 1 saturated carbocycles. The molecule has 3 aliphatic rings. The zero-order valence-corrected chi connectivity index (χ0v) is 20.7. The van der Waals surface area contributed by atoms with Crippen LogP contribution < -0.4 is 0 Å². The van der Waals surface area contributed by atoms with Crippen molar-refractivity contribution in [3.63, 3.8) is 0 Å². The maximum Gasteiger partial charge on any atom is -0.00674 e. The van der Waals surface area contributed by atoms with E-state index in [4.69, 9.17) is 0 Å². The summed E-state index contributed by atoms with van der Waals surface area (Å²) >= 11 is 0. The molecule has 0 heteroatoms. The maximum absolute atomic E-state index is 4.62. The largest absolute Gasteiger partial charge is 0.0992 e. The minimum Gasteiger partial charge on any atom is -0.0992 e. The van der Waals surface area contributed by atoms with Crippen molar-refractivity contribution in [2.75, 3.05) is 0 Å². The van der Waals surface area contributed by atoms with Crippen molar-refractivity contribution >= 4 is 0 Å². The Morgan fingerprint density at radius 3 is 2.06 bits per heavy atom. The van der Waals surface area contributed by atoms with Gasteiger partial charge >= 0.3 is 0 Å². The zero-order valence-electron chi connectivity index (χ0n) is 20.7. The van der Waals surface area contributed by atoms with Crippen LogP contribution in [0.15, 0.2) is 77.9 Å². The van der Waals surface area contributed by atoms with Gasteiger partial charge in [0.2, 0.25) is 0 Å². The first-order valence-corrected chi connectivity index (χ1v) is 13.4. The molecule has 2 aromatic carbocycles. The fourth-order valence-electron chi connectivity index (χ4n) is 6.78. The van der Waals surface area contributed by atoms with Gasteiger partial charge in [-0.15, -0.1) is 0 Å². The molecular formula is C33H40. The number of hydrogen-bond donors (Lipinski definition) is 0. The minimum absolute atomic E-state index is 0.673. The van der Waals surface area contributed by atoms with Crippen LogP contribution in [0.25, 0.3) is 0 Å². The molecule has 0 atom stereocenters. The number of rotatable bonds is 7. The van der Waals surface area contributed by atoms with E-state index in [2.05, 4.69) is 75.0 Å². The van der Waals surface area contributed by atoms with Crippen LogP contribution in [0.5, 0.6) is 0 Å². The quantitative estimate of drug-likeness (QED) is 0.381. The van der Waals surface area contributed by atoms with Crippen LogP contribution in [0.2, 0.25) is 0 Å². The molecule has 5 rings (SSSR count). The van der Waals surface area contributed by atoms with Gasteiger partial charge in [0, 0.05) is 0 Å². The Bertz CT molecular complexity index is 1020. The second-order valence-corrected chi connectivity index (χ2v) is 10.6. The smallest absolute Gasteiger partial charge is 0.00674 e. The summed E-state index contributed by atoms with van der Waals surface area (Å²) < 4.78 is 0. The van der Waals surface area contributed by atoms with Crippen LogP contribution in [0.3, 0.4) is 0 Å². The average Bonchev–Trinajstić information content (AvgIpc) is 3.49. The third-order valence-corrected chi connectivity index (χ3v) is 8.72. The van der Waals surface area contributed by atoms with Crippen molar-refractivity contribution < 1.29 is 0 Å². The van der Waals surface area contributed by atoms with Gasteiger partial charge in [-0.25, -0.2) is 0 Å². The van der Waals surface area contributed by atoms with E-state index < -0.39 is 0 Å². The first-order valence-electron chi connectivity index (χ1n) is 13.4. The van der Waals surface area contributed by atoms with Gasteiger partial charge in [0.25, 0.3) is 0 Å². The molecule has 0 N–H and O–H groups in total. The summed E-state index contributed by atoms with van der Waals surface area (Å²) in [6.07, 6.45) is 17.2. The Balaban J connectivity index is 1.20. The summed E-state index contributed by atoms with van der Waals surface area (Å²) in [5.74, 6) is 2.12. The Morgan fingerprint density at radius 2 is 1.45 bits per heavy atom. The van der Waals surface area contributed by atoms with Crippen molar-refractivity contribution in [3.05, 3.63) is 106 Å². The number of aryl methyl sites for hydroxylation is 2. The topological polar surface area (TPSA) is 0 Å². The highest BCUT2D eigenvalue weighted by atomic mass is 14.3. The Kier molecular flexibility index (Phi) is 6.72. The average molecular weight is 437 g/mol. The second kappa shape index (κ2) is 9.88. The van der Waals surface area contributed by atoms with Gasteiger partial charge in [-0.3, -0.25) is 0 Å². The molecule has 0 aromatic heterocycles. The Morgan fingerprint density at radius 1 is 0.818 bits per heavy atom. The van der Waals surface area contributed by atoms with Crippen molar-refractivity contribution in [1.82, 2.24) is 0 Å². The van der Waals surface area contributed by atoms with Gasteiger partial charge in [0.15, 0.2) is 0 Å². The van der Waals surface area contributed by atoms with Crippen LogP contribution in [0.1, 0.15) is 86.1 Å². The molecule has 1 fully saturated rings. The second-order valence-electron chi connectivity index (χ2n) is 10.6. The number of allylic oxidation sites excluding steroid dienone is 5. The van der Waals surface area contributed by atoms with E-state index in [-0.39, 0.29) is 0 Å². The number of fused-ring (bicyclic) bond motifs is 1. The SMILES string of the molecule is C=C(CC1=CCC=C1C1Cc2cc(CC)c(CC)cc2C1)C1CCC(c2ccccc2)CC1. The lowest BCUT2D eigenvalue weighted by Gasteiger charge is -2.31. The fourth-order valence-corrected chi connectivity index (χ4v) is 6.78. The summed E-state index contributed by atoms with van der Waals surface area (Å²) in [7, 11) is 0. The van der Waals surface area contributed by atoms with E-state index in [0.29, 0.717) is 11.8 Å². The number of hydrogen-bond acceptors (Lipinski definition) is 0. The van der Waals surface area contributed by atoms with Gasteiger partial charge < -0.3 is 0 Å². The van der Waals surface area contributed by atoms with Crippen molar-refractivity contribution in [3.8, 4) is 0 Å². The molecule has 0 spiro atoms. The number of benzene rings is 2. The van der Waals surface area contributed by atoms with Crippen LogP contribution in [0, 0.1) is 11.8 Å². The monoisotopic (exact) mass is 436 g/mol. The lowest BCUT2D eigenvalue weighted by Crippen LogP contribution is -2.15. The van der Waals surface area contributed by atoms with Crippen LogP contribution >= 0.6 is 0 Å². The minimum atomic E-state index is 0.673. The summed E-state index contributed by atoms with van der Waals surface area (Å²) in [5.41, 5.74) is 12.6. The maximum atomic E-state index is 4.62. The zero-order chi connectivity index (χ0) is 22.8. The first-order chi connectivity index (χ1) is 16.2. The predicted octanol–water partition coefficient (Wildman–Crippen LogP) is 8.70. The molecule has 0 radical (unpaired) electrons. The summed E-state index contributed by atoms with van der Waals surface area (Å²) in [6, 6.07) is 16.2. The normalized spacial score (nSPS) is 22.7. The van der Waals surface area contributed by atoms with Gasteiger partial charge in [-0.1, -0.05) is 80.6 Å². The molecule has 0 bridgehead atoms. The molecule has 0 saturated heterocycles. The highest BCUT2D eigenvalue weighted by molar-refractivity contribution is 5.48. The molecule has 0 amide bonds.